The van der Waals surface area contributed by atoms with Crippen molar-refractivity contribution in [1.29, 1.82) is 0 Å². The zero-order chi connectivity index (χ0) is 11.3. The van der Waals surface area contributed by atoms with Crippen LogP contribution < -0.4 is 10.6 Å². The molecule has 0 aliphatic carbocycles. The Bertz CT molecular complexity index is 313. The lowest BCUT2D eigenvalue weighted by Gasteiger charge is -2.23. The second-order valence-electron chi connectivity index (χ2n) is 3.85. The average molecular weight is 234 g/mol. The topological polar surface area (TPSA) is 75.3 Å². The summed E-state index contributed by atoms with van der Waals surface area (Å²) < 4.78 is 22.6. The number of urea groups is 1. The summed E-state index contributed by atoms with van der Waals surface area (Å²) in [6.45, 7) is 2.58. The summed E-state index contributed by atoms with van der Waals surface area (Å²) in [5.74, 6) is 0.328. The van der Waals surface area contributed by atoms with Crippen LogP contribution in [-0.4, -0.2) is 38.5 Å². The van der Waals surface area contributed by atoms with E-state index in [9.17, 15) is 13.2 Å². The molecule has 6 heteroatoms. The second-order valence-corrected chi connectivity index (χ2v) is 6.08. The van der Waals surface area contributed by atoms with Crippen molar-refractivity contribution in [1.82, 2.24) is 10.6 Å². The summed E-state index contributed by atoms with van der Waals surface area (Å²) in [6, 6.07) is -0.487. The van der Waals surface area contributed by atoms with Crippen molar-refractivity contribution in [2.75, 3.05) is 18.1 Å². The van der Waals surface area contributed by atoms with E-state index in [1.807, 2.05) is 6.92 Å². The first-order valence-corrected chi connectivity index (χ1v) is 7.10. The summed E-state index contributed by atoms with van der Waals surface area (Å²) in [5, 5.41) is 5.34. The minimum absolute atomic E-state index is 0.0759. The maximum atomic E-state index is 11.3. The number of rotatable bonds is 3. The summed E-state index contributed by atoms with van der Waals surface area (Å²) in [5.41, 5.74) is 0. The van der Waals surface area contributed by atoms with Crippen molar-refractivity contribution in [3.8, 4) is 0 Å². The number of sulfone groups is 1. The minimum Gasteiger partial charge on any atom is -0.338 e. The van der Waals surface area contributed by atoms with Crippen LogP contribution in [0.15, 0.2) is 0 Å². The molecule has 1 unspecified atom stereocenters. The van der Waals surface area contributed by atoms with Gasteiger partial charge in [0.1, 0.15) is 0 Å². The van der Waals surface area contributed by atoms with Crippen LogP contribution in [0.25, 0.3) is 0 Å². The van der Waals surface area contributed by atoms with Crippen LogP contribution in [0.2, 0.25) is 0 Å². The lowest BCUT2D eigenvalue weighted by molar-refractivity contribution is 0.237. The molecule has 1 fully saturated rings. The van der Waals surface area contributed by atoms with E-state index in [4.69, 9.17) is 0 Å². The van der Waals surface area contributed by atoms with Crippen molar-refractivity contribution < 1.29 is 13.2 Å². The van der Waals surface area contributed by atoms with Gasteiger partial charge in [0.25, 0.3) is 0 Å². The van der Waals surface area contributed by atoms with Gasteiger partial charge in [0.05, 0.1) is 11.5 Å². The van der Waals surface area contributed by atoms with E-state index in [0.717, 1.165) is 12.8 Å². The maximum Gasteiger partial charge on any atom is 0.315 e. The lowest BCUT2D eigenvalue weighted by Crippen LogP contribution is -2.47. The Morgan fingerprint density at radius 1 is 1.47 bits per heavy atom. The molecular weight excluding hydrogens is 216 g/mol. The van der Waals surface area contributed by atoms with Crippen LogP contribution in [0.3, 0.4) is 0 Å². The Balaban J connectivity index is 2.35. The van der Waals surface area contributed by atoms with Gasteiger partial charge < -0.3 is 10.6 Å². The highest BCUT2D eigenvalue weighted by Gasteiger charge is 2.25. The fraction of sp³-hybridized carbons (Fsp3) is 0.889. The molecular formula is C9H18N2O3S. The zero-order valence-electron chi connectivity index (χ0n) is 8.95. The molecule has 2 N–H and O–H groups in total. The summed E-state index contributed by atoms with van der Waals surface area (Å²) >= 11 is 0. The normalized spacial score (nSPS) is 24.5. The zero-order valence-corrected chi connectivity index (χ0v) is 9.77. The number of amides is 2. The first-order chi connectivity index (χ1) is 7.03. The molecule has 0 saturated carbocycles. The Hall–Kier alpha value is -0.780. The molecule has 1 aliphatic rings. The van der Waals surface area contributed by atoms with Gasteiger partial charge in [-0.1, -0.05) is 6.92 Å². The van der Waals surface area contributed by atoms with Crippen molar-refractivity contribution in [3.05, 3.63) is 0 Å². The molecule has 5 nitrogen and oxygen atoms in total. The molecule has 2 amide bonds. The first-order valence-electron chi connectivity index (χ1n) is 5.28. The van der Waals surface area contributed by atoms with E-state index in [0.29, 0.717) is 13.0 Å². The van der Waals surface area contributed by atoms with E-state index in [2.05, 4.69) is 10.6 Å². The molecule has 0 radical (unpaired) electrons. The lowest BCUT2D eigenvalue weighted by atomic mass is 10.2. The number of nitrogens with one attached hydrogen (secondary N) is 2. The molecule has 0 bridgehead atoms. The second kappa shape index (κ2) is 5.34. The molecule has 1 heterocycles. The summed E-state index contributed by atoms with van der Waals surface area (Å²) in [4.78, 5) is 11.3. The SMILES string of the molecule is CCCNC(=O)NC1CCCS(=O)(=O)C1. The Labute approximate surface area is 90.5 Å². The fourth-order valence-electron chi connectivity index (χ4n) is 1.61. The van der Waals surface area contributed by atoms with Crippen LogP contribution in [0, 0.1) is 0 Å². The third-order valence-corrected chi connectivity index (χ3v) is 4.15. The molecule has 0 spiro atoms. The molecule has 1 saturated heterocycles. The molecule has 1 rings (SSSR count). The van der Waals surface area contributed by atoms with Gasteiger partial charge in [0.2, 0.25) is 0 Å². The molecule has 1 aliphatic heterocycles. The van der Waals surface area contributed by atoms with Crippen molar-refractivity contribution in [2.45, 2.75) is 32.2 Å². The van der Waals surface area contributed by atoms with Crippen LogP contribution in [0.5, 0.6) is 0 Å². The summed E-state index contributed by atoms with van der Waals surface area (Å²) in [7, 11) is -2.94. The van der Waals surface area contributed by atoms with Gasteiger partial charge in [-0.3, -0.25) is 0 Å². The van der Waals surface area contributed by atoms with Crippen molar-refractivity contribution in [2.24, 2.45) is 0 Å². The van der Waals surface area contributed by atoms with Gasteiger partial charge in [-0.2, -0.15) is 0 Å². The van der Waals surface area contributed by atoms with E-state index < -0.39 is 9.84 Å². The van der Waals surface area contributed by atoms with Crippen LogP contribution in [0.4, 0.5) is 4.79 Å². The first kappa shape index (κ1) is 12.3. The van der Waals surface area contributed by atoms with Crippen molar-refractivity contribution in [3.63, 3.8) is 0 Å². The monoisotopic (exact) mass is 234 g/mol. The number of carbonyl (C=O) groups excluding carboxylic acids is 1. The molecule has 1 atom stereocenters. The average Bonchev–Trinajstić information content (AvgIpc) is 2.13. The van der Waals surface area contributed by atoms with Gasteiger partial charge in [-0.05, 0) is 19.3 Å². The molecule has 0 aromatic carbocycles. The van der Waals surface area contributed by atoms with Crippen LogP contribution in [0.1, 0.15) is 26.2 Å². The highest BCUT2D eigenvalue weighted by Crippen LogP contribution is 2.11. The van der Waals surface area contributed by atoms with Crippen molar-refractivity contribution >= 4 is 15.9 Å². The highest BCUT2D eigenvalue weighted by molar-refractivity contribution is 7.91. The Morgan fingerprint density at radius 3 is 2.80 bits per heavy atom. The van der Waals surface area contributed by atoms with Crippen LogP contribution >= 0.6 is 0 Å². The molecule has 0 aromatic rings. The third-order valence-electron chi connectivity index (χ3n) is 2.33. The fourth-order valence-corrected chi connectivity index (χ4v) is 3.25. The van der Waals surface area contributed by atoms with E-state index in [1.165, 1.54) is 0 Å². The van der Waals surface area contributed by atoms with E-state index in [1.54, 1.807) is 0 Å². The number of hydrogen-bond donors (Lipinski definition) is 2. The highest BCUT2D eigenvalue weighted by atomic mass is 32.2. The summed E-state index contributed by atoms with van der Waals surface area (Å²) in [6.07, 6.45) is 2.26. The minimum atomic E-state index is -2.94. The number of carbonyl (C=O) groups is 1. The predicted octanol–water partition coefficient (Wildman–Crippen LogP) is 0.273. The smallest absolute Gasteiger partial charge is 0.315 e. The molecule has 0 aromatic heterocycles. The van der Waals surface area contributed by atoms with Gasteiger partial charge in [-0.25, -0.2) is 13.2 Å². The third kappa shape index (κ3) is 4.51. The Kier molecular flexibility index (Phi) is 4.38. The maximum absolute atomic E-state index is 11.3. The Morgan fingerprint density at radius 2 is 2.20 bits per heavy atom. The van der Waals surface area contributed by atoms with Gasteiger partial charge in [-0.15, -0.1) is 0 Å². The van der Waals surface area contributed by atoms with Gasteiger partial charge in [0, 0.05) is 12.6 Å². The standard InChI is InChI=1S/C9H18N2O3S/c1-2-5-10-9(12)11-8-4-3-6-15(13,14)7-8/h8H,2-7H2,1H3,(H2,10,11,12). The van der Waals surface area contributed by atoms with Gasteiger partial charge >= 0.3 is 6.03 Å². The quantitative estimate of drug-likeness (QED) is 0.736. The predicted molar refractivity (Wildman–Crippen MR) is 58.5 cm³/mol. The van der Waals surface area contributed by atoms with E-state index >= 15 is 0 Å². The number of hydrogen-bond acceptors (Lipinski definition) is 3. The largest absolute Gasteiger partial charge is 0.338 e. The van der Waals surface area contributed by atoms with Crippen LogP contribution in [-0.2, 0) is 9.84 Å². The van der Waals surface area contributed by atoms with E-state index in [-0.39, 0.29) is 23.6 Å². The molecule has 15 heavy (non-hydrogen) atoms. The molecule has 88 valence electrons. The van der Waals surface area contributed by atoms with Gasteiger partial charge in [0.15, 0.2) is 9.84 Å².